The third-order valence-electron chi connectivity index (χ3n) is 3.48. The van der Waals surface area contributed by atoms with Crippen LogP contribution >= 0.6 is 0 Å². The van der Waals surface area contributed by atoms with Gasteiger partial charge in [0.05, 0.1) is 26.6 Å². The lowest BCUT2D eigenvalue weighted by atomic mass is 10.2. The molecule has 0 N–H and O–H groups in total. The lowest BCUT2D eigenvalue weighted by molar-refractivity contribution is 0.311. The normalized spacial score (nSPS) is 11.5. The van der Waals surface area contributed by atoms with Gasteiger partial charge in [-0.05, 0) is 48.4 Å². The number of hydrogen-bond acceptors (Lipinski definition) is 5. The summed E-state index contributed by atoms with van der Waals surface area (Å²) in [5.74, 6) is 1.82. The Morgan fingerprint density at radius 3 is 2.28 bits per heavy atom. The molecular weight excluding hydrogens is 340 g/mol. The number of ether oxygens (including phenoxy) is 3. The van der Waals surface area contributed by atoms with E-state index >= 15 is 0 Å². The highest BCUT2D eigenvalue weighted by atomic mass is 32.2. The second-order valence-corrected chi connectivity index (χ2v) is 7.19. The van der Waals surface area contributed by atoms with Gasteiger partial charge in [-0.3, -0.25) is 0 Å². The van der Waals surface area contributed by atoms with E-state index in [0.29, 0.717) is 29.4 Å². The summed E-state index contributed by atoms with van der Waals surface area (Å²) in [5.41, 5.74) is 1.42. The minimum Gasteiger partial charge on any atom is -0.497 e. The average Bonchev–Trinajstić information content (AvgIpc) is 2.61. The molecule has 0 aliphatic rings. The number of methoxy groups -OCH3 is 2. The second kappa shape index (κ2) is 8.58. The highest BCUT2D eigenvalue weighted by molar-refractivity contribution is 7.93. The molecule has 0 aromatic heterocycles. The quantitative estimate of drug-likeness (QED) is 0.717. The van der Waals surface area contributed by atoms with Crippen LogP contribution in [0.2, 0.25) is 0 Å². The van der Waals surface area contributed by atoms with Crippen LogP contribution in [-0.4, -0.2) is 29.2 Å². The van der Waals surface area contributed by atoms with E-state index in [1.807, 2.05) is 6.92 Å². The Balaban J connectivity index is 2.13. The summed E-state index contributed by atoms with van der Waals surface area (Å²) in [6.45, 7) is 2.42. The van der Waals surface area contributed by atoms with Crippen LogP contribution < -0.4 is 14.2 Å². The Hall–Kier alpha value is -2.47. The van der Waals surface area contributed by atoms with Crippen LogP contribution in [0.25, 0.3) is 6.08 Å². The molecule has 0 atom stereocenters. The van der Waals surface area contributed by atoms with E-state index in [1.165, 1.54) is 5.41 Å². The average molecular weight is 362 g/mol. The molecule has 0 unspecified atom stereocenters. The third kappa shape index (κ3) is 5.53. The number of hydrogen-bond donors (Lipinski definition) is 0. The van der Waals surface area contributed by atoms with E-state index in [0.717, 1.165) is 5.56 Å². The maximum absolute atomic E-state index is 12.3. The molecule has 2 rings (SSSR count). The standard InChI is InChI=1S/C19H22O5S/c1-4-24-18-10-7-15(13-19(18)23-3)11-12-25(20,21)14-16-5-8-17(22-2)9-6-16/h5-13H,4,14H2,1-3H3/b12-11+. The summed E-state index contributed by atoms with van der Waals surface area (Å²) in [4.78, 5) is 0. The van der Waals surface area contributed by atoms with Crippen molar-refractivity contribution in [1.82, 2.24) is 0 Å². The van der Waals surface area contributed by atoms with E-state index in [-0.39, 0.29) is 5.75 Å². The topological polar surface area (TPSA) is 61.8 Å². The third-order valence-corrected chi connectivity index (χ3v) is 4.77. The van der Waals surface area contributed by atoms with Crippen molar-refractivity contribution in [3.8, 4) is 17.2 Å². The fourth-order valence-electron chi connectivity index (χ4n) is 2.25. The molecule has 0 fully saturated rings. The highest BCUT2D eigenvalue weighted by Gasteiger charge is 2.09. The number of sulfone groups is 1. The van der Waals surface area contributed by atoms with Gasteiger partial charge in [-0.25, -0.2) is 8.42 Å². The molecule has 0 saturated carbocycles. The van der Waals surface area contributed by atoms with Crippen molar-refractivity contribution in [3.05, 3.63) is 59.0 Å². The zero-order chi connectivity index (χ0) is 18.3. The molecular formula is C19H22O5S. The van der Waals surface area contributed by atoms with Crippen LogP contribution in [0, 0.1) is 0 Å². The molecule has 0 aliphatic carbocycles. The van der Waals surface area contributed by atoms with Gasteiger partial charge < -0.3 is 14.2 Å². The predicted molar refractivity (Wildman–Crippen MR) is 98.8 cm³/mol. The van der Waals surface area contributed by atoms with Crippen LogP contribution in [0.4, 0.5) is 0 Å². The number of benzene rings is 2. The van der Waals surface area contributed by atoms with Crippen LogP contribution in [0.5, 0.6) is 17.2 Å². The summed E-state index contributed by atoms with van der Waals surface area (Å²) < 4.78 is 40.3. The van der Waals surface area contributed by atoms with E-state index in [9.17, 15) is 8.42 Å². The van der Waals surface area contributed by atoms with Gasteiger partial charge in [0.25, 0.3) is 0 Å². The van der Waals surface area contributed by atoms with Gasteiger partial charge in [-0.15, -0.1) is 0 Å². The Morgan fingerprint density at radius 1 is 0.960 bits per heavy atom. The van der Waals surface area contributed by atoms with Crippen molar-refractivity contribution in [3.63, 3.8) is 0 Å². The van der Waals surface area contributed by atoms with Crippen LogP contribution in [0.15, 0.2) is 47.9 Å². The molecule has 0 heterocycles. The van der Waals surface area contributed by atoms with Gasteiger partial charge in [0.15, 0.2) is 21.3 Å². The first-order valence-electron chi connectivity index (χ1n) is 7.82. The molecule has 6 heteroatoms. The van der Waals surface area contributed by atoms with Gasteiger partial charge >= 0.3 is 0 Å². The van der Waals surface area contributed by atoms with Gasteiger partial charge in [0, 0.05) is 5.41 Å². The van der Waals surface area contributed by atoms with Crippen LogP contribution in [-0.2, 0) is 15.6 Å². The Kier molecular flexibility index (Phi) is 6.47. The first-order valence-corrected chi connectivity index (χ1v) is 9.53. The fourth-order valence-corrected chi connectivity index (χ4v) is 3.36. The maximum Gasteiger partial charge on any atom is 0.175 e. The molecule has 0 spiro atoms. The van der Waals surface area contributed by atoms with Crippen molar-refractivity contribution in [2.45, 2.75) is 12.7 Å². The molecule has 134 valence electrons. The molecule has 0 amide bonds. The summed E-state index contributed by atoms with van der Waals surface area (Å²) in [6, 6.07) is 12.3. The fraction of sp³-hybridized carbons (Fsp3) is 0.263. The maximum atomic E-state index is 12.3. The lowest BCUT2D eigenvalue weighted by Crippen LogP contribution is -2.00. The molecule has 2 aromatic carbocycles. The van der Waals surface area contributed by atoms with Gasteiger partial charge in [-0.1, -0.05) is 18.2 Å². The van der Waals surface area contributed by atoms with E-state index < -0.39 is 9.84 Å². The molecule has 0 radical (unpaired) electrons. The van der Waals surface area contributed by atoms with Crippen molar-refractivity contribution < 1.29 is 22.6 Å². The predicted octanol–water partition coefficient (Wildman–Crippen LogP) is 3.69. The zero-order valence-electron chi connectivity index (χ0n) is 14.6. The first kappa shape index (κ1) is 18.9. The Bertz CT molecular complexity index is 823. The zero-order valence-corrected chi connectivity index (χ0v) is 15.4. The summed E-state index contributed by atoms with van der Waals surface area (Å²) >= 11 is 0. The van der Waals surface area contributed by atoms with Crippen LogP contribution in [0.3, 0.4) is 0 Å². The van der Waals surface area contributed by atoms with Crippen molar-refractivity contribution >= 4 is 15.9 Å². The molecule has 0 aliphatic heterocycles. The Morgan fingerprint density at radius 2 is 1.68 bits per heavy atom. The lowest BCUT2D eigenvalue weighted by Gasteiger charge is -2.09. The van der Waals surface area contributed by atoms with Gasteiger partial charge in [0.1, 0.15) is 5.75 Å². The van der Waals surface area contributed by atoms with E-state index in [4.69, 9.17) is 14.2 Å². The minimum atomic E-state index is -3.39. The van der Waals surface area contributed by atoms with Crippen molar-refractivity contribution in [2.75, 3.05) is 20.8 Å². The highest BCUT2D eigenvalue weighted by Crippen LogP contribution is 2.28. The van der Waals surface area contributed by atoms with Gasteiger partial charge in [-0.2, -0.15) is 0 Å². The van der Waals surface area contributed by atoms with E-state index in [2.05, 4.69) is 0 Å². The second-order valence-electron chi connectivity index (χ2n) is 5.30. The first-order chi connectivity index (χ1) is 12.0. The monoisotopic (exact) mass is 362 g/mol. The van der Waals surface area contributed by atoms with Crippen molar-refractivity contribution in [2.24, 2.45) is 0 Å². The summed E-state index contributed by atoms with van der Waals surface area (Å²) in [6.07, 6.45) is 1.55. The SMILES string of the molecule is CCOc1ccc(/C=C/S(=O)(=O)Cc2ccc(OC)cc2)cc1OC. The van der Waals surface area contributed by atoms with Crippen LogP contribution in [0.1, 0.15) is 18.1 Å². The molecule has 0 saturated heterocycles. The molecule has 2 aromatic rings. The molecule has 25 heavy (non-hydrogen) atoms. The number of rotatable bonds is 8. The Labute approximate surface area is 148 Å². The smallest absolute Gasteiger partial charge is 0.175 e. The minimum absolute atomic E-state index is 0.0678. The molecule has 5 nitrogen and oxygen atoms in total. The van der Waals surface area contributed by atoms with Gasteiger partial charge in [0.2, 0.25) is 0 Å². The van der Waals surface area contributed by atoms with E-state index in [1.54, 1.807) is 62.8 Å². The largest absolute Gasteiger partial charge is 0.497 e. The summed E-state index contributed by atoms with van der Waals surface area (Å²) in [7, 11) is -0.269. The van der Waals surface area contributed by atoms with Crippen molar-refractivity contribution in [1.29, 1.82) is 0 Å². The molecule has 0 bridgehead atoms. The summed E-state index contributed by atoms with van der Waals surface area (Å²) in [5, 5.41) is 1.21.